The molecule has 2 aromatic carbocycles. The summed E-state index contributed by atoms with van der Waals surface area (Å²) in [5.74, 6) is 1.96. The molecule has 0 saturated carbocycles. The van der Waals surface area contributed by atoms with Gasteiger partial charge in [0.1, 0.15) is 11.6 Å². The van der Waals surface area contributed by atoms with Gasteiger partial charge in [0.15, 0.2) is 5.75 Å². The Balaban J connectivity index is 1.82. The van der Waals surface area contributed by atoms with Gasteiger partial charge in [-0.15, -0.1) is 0 Å². The molecule has 1 amide bonds. The summed E-state index contributed by atoms with van der Waals surface area (Å²) in [4.78, 5) is 21.4. The van der Waals surface area contributed by atoms with E-state index in [1.807, 2.05) is 69.3 Å². The summed E-state index contributed by atoms with van der Waals surface area (Å²) in [7, 11) is 0. The molecule has 0 radical (unpaired) electrons. The highest BCUT2D eigenvalue weighted by Gasteiger charge is 2.15. The maximum Gasteiger partial charge on any atom is 0.259 e. The monoisotopic (exact) mass is 347 g/mol. The number of aromatic nitrogens is 2. The van der Waals surface area contributed by atoms with Crippen molar-refractivity contribution in [2.75, 3.05) is 5.32 Å². The SMILES string of the molecule is Cc1nc(C(C)C)ncc1C(=O)Nc1ccccc1Oc1ccccc1. The third-order valence-corrected chi connectivity index (χ3v) is 3.87. The molecule has 132 valence electrons. The molecule has 0 aliphatic carbocycles. The molecule has 1 aromatic heterocycles. The molecule has 0 aliphatic heterocycles. The summed E-state index contributed by atoms with van der Waals surface area (Å²) in [6.07, 6.45) is 1.58. The van der Waals surface area contributed by atoms with Gasteiger partial charge < -0.3 is 10.1 Å². The second-order valence-electron chi connectivity index (χ2n) is 6.25. The Morgan fingerprint density at radius 1 is 1.04 bits per heavy atom. The van der Waals surface area contributed by atoms with Gasteiger partial charge in [-0.2, -0.15) is 0 Å². The van der Waals surface area contributed by atoms with Gasteiger partial charge in [0, 0.05) is 12.1 Å². The van der Waals surface area contributed by atoms with E-state index in [2.05, 4.69) is 15.3 Å². The molecule has 5 nitrogen and oxygen atoms in total. The molecular weight excluding hydrogens is 326 g/mol. The summed E-state index contributed by atoms with van der Waals surface area (Å²) in [6, 6.07) is 16.8. The van der Waals surface area contributed by atoms with E-state index in [-0.39, 0.29) is 11.8 Å². The maximum absolute atomic E-state index is 12.7. The van der Waals surface area contributed by atoms with Crippen molar-refractivity contribution in [3.05, 3.63) is 77.9 Å². The third kappa shape index (κ3) is 4.06. The van der Waals surface area contributed by atoms with E-state index in [4.69, 9.17) is 4.74 Å². The van der Waals surface area contributed by atoms with Crippen LogP contribution in [0.3, 0.4) is 0 Å². The summed E-state index contributed by atoms with van der Waals surface area (Å²) in [5.41, 5.74) is 1.69. The molecule has 3 rings (SSSR count). The molecule has 0 aliphatic rings. The van der Waals surface area contributed by atoms with Crippen LogP contribution in [0.25, 0.3) is 0 Å². The predicted octanol–water partition coefficient (Wildman–Crippen LogP) is 4.95. The number of carbonyl (C=O) groups is 1. The van der Waals surface area contributed by atoms with Crippen LogP contribution in [-0.2, 0) is 0 Å². The lowest BCUT2D eigenvalue weighted by molar-refractivity contribution is 0.102. The molecule has 0 atom stereocenters. The molecule has 1 heterocycles. The maximum atomic E-state index is 12.7. The molecule has 1 N–H and O–H groups in total. The van der Waals surface area contributed by atoms with E-state index >= 15 is 0 Å². The van der Waals surface area contributed by atoms with Crippen molar-refractivity contribution in [1.29, 1.82) is 0 Å². The zero-order chi connectivity index (χ0) is 18.5. The van der Waals surface area contributed by atoms with Crippen molar-refractivity contribution in [2.24, 2.45) is 0 Å². The molecular formula is C21H21N3O2. The smallest absolute Gasteiger partial charge is 0.259 e. The number of carbonyl (C=O) groups excluding carboxylic acids is 1. The number of nitrogens with one attached hydrogen (secondary N) is 1. The Labute approximate surface area is 153 Å². The summed E-state index contributed by atoms with van der Waals surface area (Å²) < 4.78 is 5.88. The Bertz CT molecular complexity index is 908. The van der Waals surface area contributed by atoms with E-state index < -0.39 is 0 Å². The number of aryl methyl sites for hydroxylation is 1. The molecule has 26 heavy (non-hydrogen) atoms. The van der Waals surface area contributed by atoms with Gasteiger partial charge in [-0.25, -0.2) is 9.97 Å². The molecule has 5 heteroatoms. The largest absolute Gasteiger partial charge is 0.455 e. The summed E-state index contributed by atoms with van der Waals surface area (Å²) >= 11 is 0. The van der Waals surface area contributed by atoms with Crippen molar-refractivity contribution in [1.82, 2.24) is 9.97 Å². The number of hydrogen-bond donors (Lipinski definition) is 1. The van der Waals surface area contributed by atoms with Crippen LogP contribution >= 0.6 is 0 Å². The minimum atomic E-state index is -0.262. The van der Waals surface area contributed by atoms with Crippen LogP contribution in [0.1, 0.15) is 41.6 Å². The van der Waals surface area contributed by atoms with E-state index in [1.54, 1.807) is 12.3 Å². The van der Waals surface area contributed by atoms with Gasteiger partial charge in [-0.1, -0.05) is 44.2 Å². The van der Waals surface area contributed by atoms with E-state index in [0.29, 0.717) is 28.4 Å². The zero-order valence-electron chi connectivity index (χ0n) is 15.1. The first-order valence-corrected chi connectivity index (χ1v) is 8.51. The molecule has 3 aromatic rings. The number of rotatable bonds is 5. The van der Waals surface area contributed by atoms with E-state index in [9.17, 15) is 4.79 Å². The highest BCUT2D eigenvalue weighted by molar-refractivity contribution is 6.05. The van der Waals surface area contributed by atoms with Crippen LogP contribution in [0.2, 0.25) is 0 Å². The fourth-order valence-corrected chi connectivity index (χ4v) is 2.45. The van der Waals surface area contributed by atoms with Crippen molar-refractivity contribution in [3.8, 4) is 11.5 Å². The van der Waals surface area contributed by atoms with Crippen LogP contribution < -0.4 is 10.1 Å². The normalized spacial score (nSPS) is 10.6. The van der Waals surface area contributed by atoms with Gasteiger partial charge in [0.05, 0.1) is 16.9 Å². The second-order valence-corrected chi connectivity index (χ2v) is 6.25. The van der Waals surface area contributed by atoms with Crippen molar-refractivity contribution in [2.45, 2.75) is 26.7 Å². The molecule has 0 unspecified atom stereocenters. The minimum absolute atomic E-state index is 0.214. The third-order valence-electron chi connectivity index (χ3n) is 3.87. The number of anilines is 1. The highest BCUT2D eigenvalue weighted by atomic mass is 16.5. The topological polar surface area (TPSA) is 64.1 Å². The number of ether oxygens (including phenoxy) is 1. The lowest BCUT2D eigenvalue weighted by atomic mass is 10.1. The van der Waals surface area contributed by atoms with Gasteiger partial charge in [-0.05, 0) is 31.2 Å². The predicted molar refractivity (Wildman–Crippen MR) is 102 cm³/mol. The Hall–Kier alpha value is -3.21. The standard InChI is InChI=1S/C21H21N3O2/c1-14(2)20-22-13-17(15(3)23-20)21(25)24-18-11-7-8-12-19(18)26-16-9-5-4-6-10-16/h4-14H,1-3H3,(H,24,25). The van der Waals surface area contributed by atoms with Gasteiger partial charge in [0.2, 0.25) is 0 Å². The van der Waals surface area contributed by atoms with Crippen molar-refractivity contribution < 1.29 is 9.53 Å². The molecule has 0 fully saturated rings. The highest BCUT2D eigenvalue weighted by Crippen LogP contribution is 2.29. The fourth-order valence-electron chi connectivity index (χ4n) is 2.45. The van der Waals surface area contributed by atoms with Crippen LogP contribution in [0.15, 0.2) is 60.8 Å². The first kappa shape index (κ1) is 17.6. The molecule has 0 bridgehead atoms. The number of benzene rings is 2. The lowest BCUT2D eigenvalue weighted by Gasteiger charge is -2.13. The number of amides is 1. The van der Waals surface area contributed by atoms with Crippen LogP contribution in [0.5, 0.6) is 11.5 Å². The zero-order valence-corrected chi connectivity index (χ0v) is 15.1. The quantitative estimate of drug-likeness (QED) is 0.709. The van der Waals surface area contributed by atoms with Gasteiger partial charge in [0.25, 0.3) is 5.91 Å². The lowest BCUT2D eigenvalue weighted by Crippen LogP contribution is -2.16. The Morgan fingerprint density at radius 3 is 2.42 bits per heavy atom. The van der Waals surface area contributed by atoms with Crippen LogP contribution in [0.4, 0.5) is 5.69 Å². The van der Waals surface area contributed by atoms with Crippen LogP contribution in [0, 0.1) is 6.92 Å². The summed E-state index contributed by atoms with van der Waals surface area (Å²) in [6.45, 7) is 5.85. The average molecular weight is 347 g/mol. The van der Waals surface area contributed by atoms with E-state index in [0.717, 1.165) is 5.82 Å². The molecule has 0 saturated heterocycles. The van der Waals surface area contributed by atoms with Crippen molar-refractivity contribution in [3.63, 3.8) is 0 Å². The average Bonchev–Trinajstić information content (AvgIpc) is 2.64. The fraction of sp³-hybridized carbons (Fsp3) is 0.190. The summed E-state index contributed by atoms with van der Waals surface area (Å²) in [5, 5.41) is 2.89. The second kappa shape index (κ2) is 7.78. The van der Waals surface area contributed by atoms with Crippen molar-refractivity contribution >= 4 is 11.6 Å². The van der Waals surface area contributed by atoms with Gasteiger partial charge in [-0.3, -0.25) is 4.79 Å². The Kier molecular flexibility index (Phi) is 5.27. The number of nitrogens with zero attached hydrogens (tertiary/aromatic N) is 2. The number of hydrogen-bond acceptors (Lipinski definition) is 4. The van der Waals surface area contributed by atoms with E-state index in [1.165, 1.54) is 0 Å². The van der Waals surface area contributed by atoms with Gasteiger partial charge >= 0.3 is 0 Å². The van der Waals surface area contributed by atoms with Crippen LogP contribution in [-0.4, -0.2) is 15.9 Å². The first-order valence-electron chi connectivity index (χ1n) is 8.51. The number of para-hydroxylation sites is 3. The Morgan fingerprint density at radius 2 is 1.73 bits per heavy atom. The first-order chi connectivity index (χ1) is 12.5. The minimum Gasteiger partial charge on any atom is -0.455 e. The molecule has 0 spiro atoms.